The van der Waals surface area contributed by atoms with Crippen LogP contribution in [0.1, 0.15) is 46.0 Å². The molecule has 0 atom stereocenters. The highest BCUT2D eigenvalue weighted by Crippen LogP contribution is 2.12. The summed E-state index contributed by atoms with van der Waals surface area (Å²) in [4.78, 5) is 7.24. The lowest BCUT2D eigenvalue weighted by atomic mass is 10.1. The lowest BCUT2D eigenvalue weighted by Crippen LogP contribution is -2.48. The van der Waals surface area contributed by atoms with Crippen molar-refractivity contribution in [1.29, 1.82) is 0 Å². The summed E-state index contributed by atoms with van der Waals surface area (Å²) >= 11 is 0. The normalized spacial score (nSPS) is 16.3. The van der Waals surface area contributed by atoms with E-state index in [1.54, 1.807) is 12.1 Å². The SMILES string of the molecule is CCCN1CCC(NC(=NCCCCOc2ccc(F)cc2)NCC)CC1. The Balaban J connectivity index is 1.63. The van der Waals surface area contributed by atoms with Gasteiger partial charge in [-0.25, -0.2) is 4.39 Å². The molecule has 1 fully saturated rings. The zero-order valence-corrected chi connectivity index (χ0v) is 16.8. The van der Waals surface area contributed by atoms with Gasteiger partial charge >= 0.3 is 0 Å². The fourth-order valence-corrected chi connectivity index (χ4v) is 3.26. The summed E-state index contributed by atoms with van der Waals surface area (Å²) in [7, 11) is 0. The Morgan fingerprint density at radius 1 is 1.19 bits per heavy atom. The molecule has 2 N–H and O–H groups in total. The molecule has 1 aliphatic rings. The highest BCUT2D eigenvalue weighted by Gasteiger charge is 2.19. The minimum atomic E-state index is -0.240. The van der Waals surface area contributed by atoms with Gasteiger partial charge in [0.05, 0.1) is 6.61 Å². The number of guanidine groups is 1. The number of halogens is 1. The third kappa shape index (κ3) is 8.61. The van der Waals surface area contributed by atoms with E-state index in [1.165, 1.54) is 51.0 Å². The molecule has 1 aromatic rings. The fourth-order valence-electron chi connectivity index (χ4n) is 3.26. The second-order valence-electron chi connectivity index (χ2n) is 7.03. The summed E-state index contributed by atoms with van der Waals surface area (Å²) in [6, 6.07) is 6.66. The Hall–Kier alpha value is -1.82. The smallest absolute Gasteiger partial charge is 0.191 e. The van der Waals surface area contributed by atoms with Gasteiger partial charge in [-0.05, 0) is 69.8 Å². The predicted molar refractivity (Wildman–Crippen MR) is 110 cm³/mol. The fraction of sp³-hybridized carbons (Fsp3) is 0.667. The van der Waals surface area contributed by atoms with Gasteiger partial charge in [0, 0.05) is 32.2 Å². The van der Waals surface area contributed by atoms with E-state index in [1.807, 2.05) is 0 Å². The van der Waals surface area contributed by atoms with Crippen LogP contribution in [0.3, 0.4) is 0 Å². The summed E-state index contributed by atoms with van der Waals surface area (Å²) in [5.41, 5.74) is 0. The Morgan fingerprint density at radius 2 is 1.93 bits per heavy atom. The van der Waals surface area contributed by atoms with Crippen molar-refractivity contribution in [3.05, 3.63) is 30.1 Å². The largest absolute Gasteiger partial charge is 0.494 e. The lowest BCUT2D eigenvalue weighted by Gasteiger charge is -2.32. The molecule has 0 unspecified atom stereocenters. The van der Waals surface area contributed by atoms with Crippen LogP contribution in [0.4, 0.5) is 4.39 Å². The lowest BCUT2D eigenvalue weighted by molar-refractivity contribution is 0.206. The standard InChI is InChI=1S/C21H35FN4O/c1-3-14-26-15-11-19(12-16-26)25-21(23-4-2)24-13-5-6-17-27-20-9-7-18(22)8-10-20/h7-10,19H,3-6,11-17H2,1-2H3,(H2,23,24,25). The van der Waals surface area contributed by atoms with E-state index < -0.39 is 0 Å². The number of hydrogen-bond acceptors (Lipinski definition) is 3. The number of ether oxygens (including phenoxy) is 1. The van der Waals surface area contributed by atoms with Crippen LogP contribution < -0.4 is 15.4 Å². The summed E-state index contributed by atoms with van der Waals surface area (Å²) in [5.74, 6) is 1.39. The second-order valence-corrected chi connectivity index (χ2v) is 7.03. The van der Waals surface area contributed by atoms with Gasteiger partial charge in [0.2, 0.25) is 0 Å². The molecule has 1 aromatic carbocycles. The van der Waals surface area contributed by atoms with E-state index in [0.717, 1.165) is 31.9 Å². The molecule has 0 aliphatic carbocycles. The van der Waals surface area contributed by atoms with Gasteiger partial charge < -0.3 is 20.3 Å². The molecular weight excluding hydrogens is 343 g/mol. The number of nitrogens with zero attached hydrogens (tertiary/aromatic N) is 2. The van der Waals surface area contributed by atoms with Crippen LogP contribution in [0.2, 0.25) is 0 Å². The van der Waals surface area contributed by atoms with Crippen molar-refractivity contribution in [3.8, 4) is 5.75 Å². The molecular formula is C21H35FN4O. The van der Waals surface area contributed by atoms with E-state index in [2.05, 4.69) is 29.4 Å². The number of rotatable bonds is 10. The first-order chi connectivity index (χ1) is 13.2. The number of aliphatic imine (C=N–C) groups is 1. The van der Waals surface area contributed by atoms with Crippen LogP contribution in [-0.4, -0.2) is 56.2 Å². The molecule has 0 spiro atoms. The third-order valence-corrected chi connectivity index (χ3v) is 4.72. The monoisotopic (exact) mass is 378 g/mol. The van der Waals surface area contributed by atoms with Crippen molar-refractivity contribution >= 4 is 5.96 Å². The van der Waals surface area contributed by atoms with Gasteiger partial charge in [-0.1, -0.05) is 6.92 Å². The summed E-state index contributed by atoms with van der Waals surface area (Å²) in [5, 5.41) is 6.93. The van der Waals surface area contributed by atoms with Crippen molar-refractivity contribution in [2.75, 3.05) is 39.3 Å². The molecule has 0 aromatic heterocycles. The summed E-state index contributed by atoms with van der Waals surface area (Å²) in [6.45, 7) is 10.2. The molecule has 0 saturated carbocycles. The highest BCUT2D eigenvalue weighted by molar-refractivity contribution is 5.80. The van der Waals surface area contributed by atoms with Crippen LogP contribution >= 0.6 is 0 Å². The molecule has 5 nitrogen and oxygen atoms in total. The maximum atomic E-state index is 12.9. The molecule has 0 amide bonds. The average Bonchev–Trinajstić information content (AvgIpc) is 2.68. The number of likely N-dealkylation sites (tertiary alicyclic amines) is 1. The summed E-state index contributed by atoms with van der Waals surface area (Å²) in [6.07, 6.45) is 5.47. The van der Waals surface area contributed by atoms with E-state index in [0.29, 0.717) is 18.4 Å². The van der Waals surface area contributed by atoms with E-state index in [9.17, 15) is 4.39 Å². The van der Waals surface area contributed by atoms with Gasteiger partial charge in [0.15, 0.2) is 5.96 Å². The van der Waals surface area contributed by atoms with Gasteiger partial charge in [0.1, 0.15) is 11.6 Å². The van der Waals surface area contributed by atoms with Gasteiger partial charge in [-0.2, -0.15) is 0 Å². The molecule has 2 rings (SSSR count). The maximum Gasteiger partial charge on any atom is 0.191 e. The molecule has 1 heterocycles. The van der Waals surface area contributed by atoms with E-state index >= 15 is 0 Å². The number of piperidine rings is 1. The Kier molecular flexibility index (Phi) is 9.98. The number of benzene rings is 1. The number of nitrogens with one attached hydrogen (secondary N) is 2. The van der Waals surface area contributed by atoms with Crippen molar-refractivity contribution in [3.63, 3.8) is 0 Å². The van der Waals surface area contributed by atoms with Crippen molar-refractivity contribution in [2.45, 2.75) is 52.0 Å². The number of hydrogen-bond donors (Lipinski definition) is 2. The van der Waals surface area contributed by atoms with Crippen LogP contribution in [0.15, 0.2) is 29.3 Å². The van der Waals surface area contributed by atoms with Crippen molar-refractivity contribution in [1.82, 2.24) is 15.5 Å². The van der Waals surface area contributed by atoms with Gasteiger partial charge in [-0.3, -0.25) is 4.99 Å². The summed E-state index contributed by atoms with van der Waals surface area (Å²) < 4.78 is 18.5. The Labute approximate surface area is 163 Å². The maximum absolute atomic E-state index is 12.9. The first kappa shape index (κ1) is 21.5. The average molecular weight is 379 g/mol. The second kappa shape index (κ2) is 12.5. The van der Waals surface area contributed by atoms with Crippen LogP contribution in [-0.2, 0) is 0 Å². The molecule has 1 aliphatic heterocycles. The van der Waals surface area contributed by atoms with Gasteiger partial charge in [-0.15, -0.1) is 0 Å². The Bertz CT molecular complexity index is 542. The minimum Gasteiger partial charge on any atom is -0.494 e. The first-order valence-corrected chi connectivity index (χ1v) is 10.4. The zero-order chi connectivity index (χ0) is 19.3. The predicted octanol–water partition coefficient (Wildman–Crippen LogP) is 3.41. The van der Waals surface area contributed by atoms with Gasteiger partial charge in [0.25, 0.3) is 0 Å². The number of unbranched alkanes of at least 4 members (excludes halogenated alkanes) is 1. The topological polar surface area (TPSA) is 48.9 Å². The first-order valence-electron chi connectivity index (χ1n) is 10.4. The van der Waals surface area contributed by atoms with Crippen LogP contribution in [0.5, 0.6) is 5.75 Å². The van der Waals surface area contributed by atoms with Crippen molar-refractivity contribution < 1.29 is 9.13 Å². The third-order valence-electron chi connectivity index (χ3n) is 4.72. The van der Waals surface area contributed by atoms with Crippen LogP contribution in [0, 0.1) is 5.82 Å². The Morgan fingerprint density at radius 3 is 2.59 bits per heavy atom. The molecule has 1 saturated heterocycles. The molecule has 152 valence electrons. The highest BCUT2D eigenvalue weighted by atomic mass is 19.1. The van der Waals surface area contributed by atoms with Crippen molar-refractivity contribution in [2.24, 2.45) is 4.99 Å². The molecule has 0 bridgehead atoms. The zero-order valence-electron chi connectivity index (χ0n) is 16.8. The molecule has 6 heteroatoms. The quantitative estimate of drug-likeness (QED) is 0.372. The molecule has 27 heavy (non-hydrogen) atoms. The van der Waals surface area contributed by atoms with E-state index in [4.69, 9.17) is 9.73 Å². The molecule has 0 radical (unpaired) electrons. The van der Waals surface area contributed by atoms with Crippen LogP contribution in [0.25, 0.3) is 0 Å². The van der Waals surface area contributed by atoms with E-state index in [-0.39, 0.29) is 5.82 Å². The minimum absolute atomic E-state index is 0.240.